The minimum atomic E-state index is -0.572. The molecular formula is C55H90O5. The van der Waals surface area contributed by atoms with E-state index in [9.17, 15) is 9.59 Å². The summed E-state index contributed by atoms with van der Waals surface area (Å²) >= 11 is 0. The molecule has 1 atom stereocenters. The van der Waals surface area contributed by atoms with Gasteiger partial charge in [-0.15, -0.1) is 0 Å². The topological polar surface area (TPSA) is 61.8 Å². The van der Waals surface area contributed by atoms with Crippen LogP contribution in [0.3, 0.4) is 0 Å². The first-order chi connectivity index (χ1) is 29.6. The van der Waals surface area contributed by atoms with Crippen molar-refractivity contribution in [1.82, 2.24) is 0 Å². The van der Waals surface area contributed by atoms with Crippen molar-refractivity contribution in [2.24, 2.45) is 0 Å². The van der Waals surface area contributed by atoms with Gasteiger partial charge in [-0.05, 0) is 103 Å². The second kappa shape index (κ2) is 49.9. The summed E-state index contributed by atoms with van der Waals surface area (Å²) in [5.74, 6) is -0.458. The van der Waals surface area contributed by atoms with Crippen molar-refractivity contribution in [1.29, 1.82) is 0 Å². The lowest BCUT2D eigenvalue weighted by Gasteiger charge is -2.18. The van der Waals surface area contributed by atoms with E-state index in [1.54, 1.807) is 0 Å². The summed E-state index contributed by atoms with van der Waals surface area (Å²) in [4.78, 5) is 25.3. The van der Waals surface area contributed by atoms with Crippen molar-refractivity contribution in [3.05, 3.63) is 109 Å². The molecule has 340 valence electrons. The monoisotopic (exact) mass is 831 g/mol. The second-order valence-corrected chi connectivity index (χ2v) is 15.6. The summed E-state index contributed by atoms with van der Waals surface area (Å²) < 4.78 is 17.3. The van der Waals surface area contributed by atoms with Crippen molar-refractivity contribution >= 4 is 11.9 Å². The highest BCUT2D eigenvalue weighted by Gasteiger charge is 2.17. The first-order valence-corrected chi connectivity index (χ1v) is 24.4. The largest absolute Gasteiger partial charge is 0.462 e. The molecule has 0 aliphatic carbocycles. The van der Waals surface area contributed by atoms with Crippen LogP contribution in [0, 0.1) is 0 Å². The van der Waals surface area contributed by atoms with E-state index in [0.717, 1.165) is 128 Å². The molecule has 0 N–H and O–H groups in total. The molecule has 0 spiro atoms. The van der Waals surface area contributed by atoms with E-state index in [2.05, 4.69) is 130 Å². The first kappa shape index (κ1) is 56.6. The molecule has 0 aromatic carbocycles. The van der Waals surface area contributed by atoms with Crippen molar-refractivity contribution in [2.45, 2.75) is 207 Å². The normalized spacial score (nSPS) is 13.2. The van der Waals surface area contributed by atoms with Gasteiger partial charge in [0, 0.05) is 19.4 Å². The van der Waals surface area contributed by atoms with E-state index in [-0.39, 0.29) is 25.2 Å². The van der Waals surface area contributed by atoms with E-state index in [1.807, 2.05) is 0 Å². The van der Waals surface area contributed by atoms with Gasteiger partial charge in [0.1, 0.15) is 6.61 Å². The maximum atomic E-state index is 12.7. The summed E-state index contributed by atoms with van der Waals surface area (Å²) in [6, 6.07) is 0. The fourth-order valence-corrected chi connectivity index (χ4v) is 6.23. The fraction of sp³-hybridized carbons (Fsp3) is 0.636. The van der Waals surface area contributed by atoms with Gasteiger partial charge < -0.3 is 14.2 Å². The van der Waals surface area contributed by atoms with Gasteiger partial charge in [0.15, 0.2) is 6.10 Å². The lowest BCUT2D eigenvalue weighted by molar-refractivity contribution is -0.163. The molecule has 0 saturated heterocycles. The number of hydrogen-bond donors (Lipinski definition) is 0. The number of unbranched alkanes of at least 4 members (excludes halogenated alkanes) is 14. The van der Waals surface area contributed by atoms with Crippen LogP contribution in [0.15, 0.2) is 109 Å². The number of rotatable bonds is 43. The van der Waals surface area contributed by atoms with Crippen molar-refractivity contribution in [3.63, 3.8) is 0 Å². The van der Waals surface area contributed by atoms with E-state index in [1.165, 1.54) is 38.5 Å². The zero-order valence-electron chi connectivity index (χ0n) is 38.9. The molecule has 0 bridgehead atoms. The summed E-state index contributed by atoms with van der Waals surface area (Å²) in [6.07, 6.45) is 68.1. The van der Waals surface area contributed by atoms with Crippen LogP contribution >= 0.6 is 0 Å². The Balaban J connectivity index is 4.35. The molecule has 1 unspecified atom stereocenters. The van der Waals surface area contributed by atoms with Gasteiger partial charge in [-0.1, -0.05) is 194 Å². The van der Waals surface area contributed by atoms with Crippen LogP contribution in [-0.4, -0.2) is 37.9 Å². The average molecular weight is 831 g/mol. The minimum absolute atomic E-state index is 0.0498. The Morgan fingerprint density at radius 2 is 0.750 bits per heavy atom. The van der Waals surface area contributed by atoms with E-state index in [0.29, 0.717) is 19.4 Å². The third-order valence-electron chi connectivity index (χ3n) is 9.80. The van der Waals surface area contributed by atoms with Gasteiger partial charge in [-0.3, -0.25) is 9.59 Å². The van der Waals surface area contributed by atoms with Gasteiger partial charge in [0.05, 0.1) is 6.61 Å². The van der Waals surface area contributed by atoms with Gasteiger partial charge in [-0.2, -0.15) is 0 Å². The van der Waals surface area contributed by atoms with E-state index < -0.39 is 6.10 Å². The van der Waals surface area contributed by atoms with Crippen molar-refractivity contribution < 1.29 is 23.8 Å². The fourth-order valence-electron chi connectivity index (χ4n) is 6.23. The van der Waals surface area contributed by atoms with Crippen LogP contribution in [0.1, 0.15) is 201 Å². The van der Waals surface area contributed by atoms with Gasteiger partial charge >= 0.3 is 11.9 Å². The van der Waals surface area contributed by atoms with Crippen LogP contribution in [0.2, 0.25) is 0 Å². The van der Waals surface area contributed by atoms with Crippen LogP contribution in [-0.2, 0) is 23.8 Å². The molecule has 60 heavy (non-hydrogen) atoms. The third kappa shape index (κ3) is 47.2. The quantitative estimate of drug-likeness (QED) is 0.0348. The number of hydrogen-bond acceptors (Lipinski definition) is 5. The summed E-state index contributed by atoms with van der Waals surface area (Å²) in [5, 5.41) is 0. The molecule has 0 radical (unpaired) electrons. The van der Waals surface area contributed by atoms with Crippen molar-refractivity contribution in [3.8, 4) is 0 Å². The van der Waals surface area contributed by atoms with Crippen LogP contribution in [0.25, 0.3) is 0 Å². The van der Waals surface area contributed by atoms with E-state index in [4.69, 9.17) is 14.2 Å². The predicted molar refractivity (Wildman–Crippen MR) is 260 cm³/mol. The van der Waals surface area contributed by atoms with Gasteiger partial charge in [-0.25, -0.2) is 0 Å². The number of carbonyl (C=O) groups is 2. The zero-order chi connectivity index (χ0) is 43.5. The Morgan fingerprint density at radius 1 is 0.383 bits per heavy atom. The highest BCUT2D eigenvalue weighted by Crippen LogP contribution is 2.12. The highest BCUT2D eigenvalue weighted by atomic mass is 16.6. The molecule has 0 saturated carbocycles. The Kier molecular flexibility index (Phi) is 47.1. The summed E-state index contributed by atoms with van der Waals surface area (Å²) in [5.41, 5.74) is 0. The Morgan fingerprint density at radius 3 is 1.20 bits per heavy atom. The minimum Gasteiger partial charge on any atom is -0.462 e. The molecule has 5 heteroatoms. The lowest BCUT2D eigenvalue weighted by atomic mass is 10.1. The summed E-state index contributed by atoms with van der Waals surface area (Å²) in [6.45, 7) is 7.44. The van der Waals surface area contributed by atoms with Crippen LogP contribution < -0.4 is 0 Å². The smallest absolute Gasteiger partial charge is 0.306 e. The molecule has 0 fully saturated rings. The highest BCUT2D eigenvalue weighted by molar-refractivity contribution is 5.70. The van der Waals surface area contributed by atoms with Crippen molar-refractivity contribution in [2.75, 3.05) is 19.8 Å². The molecule has 0 aromatic rings. The second-order valence-electron chi connectivity index (χ2n) is 15.6. The molecule has 0 aliphatic rings. The number of allylic oxidation sites excluding steroid dienone is 18. The SMILES string of the molecule is CC/C=C\C/C=C\C/C=C\C/C=C\C/C=C\CCCCOCC(COC(=O)CCCCCC/C=C\C/C=C\C/C=C\C/C=C\CC)OC(=O)CCCCCCCCCCC. The van der Waals surface area contributed by atoms with E-state index >= 15 is 0 Å². The number of carbonyl (C=O) groups excluding carboxylic acids is 2. The molecule has 0 rings (SSSR count). The first-order valence-electron chi connectivity index (χ1n) is 24.4. The standard InChI is InChI=1S/C55H90O5/c1-4-7-10-13-16-19-21-23-25-27-29-31-33-35-38-41-44-47-50-58-51-53(60-55(57)49-46-43-40-36-18-15-12-9-6-3)52-59-54(56)48-45-42-39-37-34-32-30-28-26-24-22-20-17-14-11-8-5-2/h7-8,10-11,16-17,19-20,23-26,29-32,35,38,53H,4-6,9,12-15,18,21-22,27-28,33-34,36-37,39-52H2,1-3H3/b10-7-,11-8-,19-16-,20-17-,25-23-,26-24-,31-29-,32-30-,38-35-. The Bertz CT molecular complexity index is 1210. The average Bonchev–Trinajstić information content (AvgIpc) is 3.25. The lowest BCUT2D eigenvalue weighted by Crippen LogP contribution is -2.30. The van der Waals surface area contributed by atoms with Crippen LogP contribution in [0.5, 0.6) is 0 Å². The van der Waals surface area contributed by atoms with Crippen LogP contribution in [0.4, 0.5) is 0 Å². The molecule has 0 heterocycles. The molecule has 0 aromatic heterocycles. The molecule has 0 aliphatic heterocycles. The molecule has 5 nitrogen and oxygen atoms in total. The Hall–Kier alpha value is -3.44. The van der Waals surface area contributed by atoms with Gasteiger partial charge in [0.25, 0.3) is 0 Å². The summed E-state index contributed by atoms with van der Waals surface area (Å²) in [7, 11) is 0. The van der Waals surface area contributed by atoms with Gasteiger partial charge in [0.2, 0.25) is 0 Å². The Labute approximate surface area is 370 Å². The molecule has 0 amide bonds. The maximum absolute atomic E-state index is 12.7. The molecular weight excluding hydrogens is 741 g/mol. The number of esters is 2. The number of ether oxygens (including phenoxy) is 3. The third-order valence-corrected chi connectivity index (χ3v) is 9.80. The zero-order valence-corrected chi connectivity index (χ0v) is 38.9. The maximum Gasteiger partial charge on any atom is 0.306 e. The predicted octanol–water partition coefficient (Wildman–Crippen LogP) is 16.4.